The highest BCUT2D eigenvalue weighted by Gasteiger charge is 2.16. The third-order valence-corrected chi connectivity index (χ3v) is 6.27. The van der Waals surface area contributed by atoms with Crippen molar-refractivity contribution in [3.8, 4) is 11.4 Å². The maximum absolute atomic E-state index is 12.6. The summed E-state index contributed by atoms with van der Waals surface area (Å²) < 4.78 is 5.10. The number of benzene rings is 2. The van der Waals surface area contributed by atoms with Gasteiger partial charge < -0.3 is 5.32 Å². The highest BCUT2D eigenvalue weighted by molar-refractivity contribution is 7.99. The van der Waals surface area contributed by atoms with Gasteiger partial charge in [0.1, 0.15) is 0 Å². The number of carbonyl (C=O) groups excluding carboxylic acids is 1. The molecule has 0 spiro atoms. The zero-order valence-corrected chi connectivity index (χ0v) is 19.0. The van der Waals surface area contributed by atoms with Crippen LogP contribution in [0.1, 0.15) is 5.56 Å². The first kappa shape index (κ1) is 21.6. The van der Waals surface area contributed by atoms with Crippen LogP contribution >= 0.6 is 11.8 Å². The minimum atomic E-state index is -0.166. The van der Waals surface area contributed by atoms with Crippen LogP contribution in [-0.4, -0.2) is 35.6 Å². The van der Waals surface area contributed by atoms with Gasteiger partial charge in [-0.05, 0) is 30.7 Å². The van der Waals surface area contributed by atoms with E-state index in [1.807, 2.05) is 41.8 Å². The van der Waals surface area contributed by atoms with E-state index < -0.39 is 0 Å². The summed E-state index contributed by atoms with van der Waals surface area (Å²) in [5, 5.41) is 12.2. The van der Waals surface area contributed by atoms with Crippen LogP contribution in [0.3, 0.4) is 0 Å². The van der Waals surface area contributed by atoms with Crippen LogP contribution in [0.2, 0.25) is 0 Å². The Balaban J connectivity index is 1.50. The Morgan fingerprint density at radius 3 is 2.62 bits per heavy atom. The van der Waals surface area contributed by atoms with Crippen LogP contribution in [0, 0.1) is 6.92 Å². The number of nitrogens with one attached hydrogen (secondary N) is 1. The molecule has 2 aromatic carbocycles. The van der Waals surface area contributed by atoms with Crippen molar-refractivity contribution in [3.63, 3.8) is 0 Å². The molecule has 0 bridgehead atoms. The van der Waals surface area contributed by atoms with Gasteiger partial charge in [-0.15, -0.1) is 16.8 Å². The average Bonchev–Trinajstić information content (AvgIpc) is 3.27. The minimum Gasteiger partial charge on any atom is -0.325 e. The van der Waals surface area contributed by atoms with Crippen LogP contribution < -0.4 is 11.0 Å². The van der Waals surface area contributed by atoms with Gasteiger partial charge in [-0.2, -0.15) is 0 Å². The summed E-state index contributed by atoms with van der Waals surface area (Å²) in [6.07, 6.45) is 1.79. The monoisotopic (exact) mass is 448 g/mol. The number of aromatic nitrogens is 5. The molecule has 32 heavy (non-hydrogen) atoms. The van der Waals surface area contributed by atoms with Gasteiger partial charge in [-0.25, -0.2) is 4.79 Å². The van der Waals surface area contributed by atoms with Gasteiger partial charge >= 0.3 is 5.69 Å². The zero-order chi connectivity index (χ0) is 22.8. The van der Waals surface area contributed by atoms with Crippen LogP contribution in [0.25, 0.3) is 22.4 Å². The second-order valence-corrected chi connectivity index (χ2v) is 8.40. The summed E-state index contributed by atoms with van der Waals surface area (Å²) in [4.78, 5) is 24.7. The number of fused-ring (bicyclic) bond motifs is 1. The van der Waals surface area contributed by atoms with Crippen LogP contribution in [0.4, 0.5) is 5.69 Å². The summed E-state index contributed by atoms with van der Waals surface area (Å²) in [6, 6.07) is 13.4. The zero-order valence-electron chi connectivity index (χ0n) is 18.2. The van der Waals surface area contributed by atoms with Gasteiger partial charge in [0.2, 0.25) is 5.91 Å². The molecule has 2 aromatic heterocycles. The van der Waals surface area contributed by atoms with Crippen LogP contribution in [-0.2, 0) is 25.4 Å². The van der Waals surface area contributed by atoms with Crippen molar-refractivity contribution in [2.24, 2.45) is 14.1 Å². The maximum Gasteiger partial charge on any atom is 0.328 e. The molecule has 2 heterocycles. The van der Waals surface area contributed by atoms with Gasteiger partial charge in [-0.1, -0.05) is 42.1 Å². The first-order chi connectivity index (χ1) is 15.4. The Kier molecular flexibility index (Phi) is 6.00. The van der Waals surface area contributed by atoms with Crippen LogP contribution in [0.15, 0.2) is 65.1 Å². The molecular weight excluding hydrogens is 424 g/mol. The molecule has 164 valence electrons. The third-order valence-electron chi connectivity index (χ3n) is 5.30. The second-order valence-electron chi connectivity index (χ2n) is 7.46. The molecule has 0 aliphatic carbocycles. The van der Waals surface area contributed by atoms with Crippen molar-refractivity contribution in [3.05, 3.63) is 71.2 Å². The van der Waals surface area contributed by atoms with Gasteiger partial charge in [-0.3, -0.25) is 18.5 Å². The molecule has 1 amide bonds. The number of carbonyl (C=O) groups is 1. The quantitative estimate of drug-likeness (QED) is 0.346. The van der Waals surface area contributed by atoms with Gasteiger partial charge in [0.15, 0.2) is 11.0 Å². The summed E-state index contributed by atoms with van der Waals surface area (Å²) in [5.41, 5.74) is 4.20. The molecule has 0 aliphatic heterocycles. The molecule has 0 radical (unpaired) electrons. The number of thioether (sulfide) groups is 1. The molecule has 0 aliphatic rings. The Bertz CT molecular complexity index is 1380. The van der Waals surface area contributed by atoms with Crippen molar-refractivity contribution in [1.29, 1.82) is 0 Å². The number of allylic oxidation sites excluding steroid dienone is 1. The number of imidazole rings is 1. The topological polar surface area (TPSA) is 86.7 Å². The van der Waals surface area contributed by atoms with Gasteiger partial charge in [0.05, 0.1) is 16.8 Å². The van der Waals surface area contributed by atoms with E-state index in [1.54, 1.807) is 41.4 Å². The lowest BCUT2D eigenvalue weighted by atomic mass is 10.1. The molecule has 8 nitrogen and oxygen atoms in total. The molecule has 0 unspecified atom stereocenters. The lowest BCUT2D eigenvalue weighted by Crippen LogP contribution is -2.19. The van der Waals surface area contributed by atoms with Gasteiger partial charge in [0, 0.05) is 31.9 Å². The highest BCUT2D eigenvalue weighted by atomic mass is 32.2. The van der Waals surface area contributed by atoms with E-state index in [0.717, 1.165) is 28.0 Å². The van der Waals surface area contributed by atoms with Crippen molar-refractivity contribution in [2.45, 2.75) is 18.6 Å². The van der Waals surface area contributed by atoms with Crippen molar-refractivity contribution >= 4 is 34.4 Å². The number of rotatable bonds is 7. The first-order valence-corrected chi connectivity index (χ1v) is 11.1. The normalized spacial score (nSPS) is 11.1. The number of hydrogen-bond acceptors (Lipinski definition) is 5. The lowest BCUT2D eigenvalue weighted by Gasteiger charge is -2.10. The van der Waals surface area contributed by atoms with E-state index in [2.05, 4.69) is 22.1 Å². The molecule has 1 N–H and O–H groups in total. The molecule has 0 fully saturated rings. The van der Waals surface area contributed by atoms with Crippen LogP contribution in [0.5, 0.6) is 0 Å². The Labute approximate surface area is 189 Å². The molecule has 0 saturated heterocycles. The van der Waals surface area contributed by atoms with E-state index in [-0.39, 0.29) is 17.3 Å². The molecule has 0 saturated carbocycles. The van der Waals surface area contributed by atoms with E-state index in [9.17, 15) is 9.59 Å². The molecule has 4 aromatic rings. The molecule has 4 rings (SSSR count). The predicted octanol–water partition coefficient (Wildman–Crippen LogP) is 3.36. The maximum atomic E-state index is 12.6. The first-order valence-electron chi connectivity index (χ1n) is 10.1. The average molecular weight is 449 g/mol. The number of nitrogens with zero attached hydrogens (tertiary/aromatic N) is 5. The number of aryl methyl sites for hydroxylation is 3. The summed E-state index contributed by atoms with van der Waals surface area (Å²) in [5.74, 6) is 0.761. The minimum absolute atomic E-state index is 0.106. The van der Waals surface area contributed by atoms with E-state index in [0.29, 0.717) is 17.4 Å². The smallest absolute Gasteiger partial charge is 0.325 e. The second kappa shape index (κ2) is 8.88. The molecule has 0 atom stereocenters. The highest BCUT2D eigenvalue weighted by Crippen LogP contribution is 2.26. The van der Waals surface area contributed by atoms with Crippen molar-refractivity contribution in [2.75, 3.05) is 11.1 Å². The summed E-state index contributed by atoms with van der Waals surface area (Å²) in [7, 11) is 3.44. The number of anilines is 1. The Morgan fingerprint density at radius 1 is 1.12 bits per heavy atom. The summed E-state index contributed by atoms with van der Waals surface area (Å²) >= 11 is 1.32. The fourth-order valence-electron chi connectivity index (χ4n) is 3.62. The predicted molar refractivity (Wildman–Crippen MR) is 128 cm³/mol. The van der Waals surface area contributed by atoms with E-state index >= 15 is 0 Å². The number of amides is 1. The standard InChI is InChI=1S/C23H24N6O2S/c1-5-12-29-21(17-9-7-6-8-15(17)2)25-26-22(29)32-14-20(30)24-16-10-11-18-19(13-16)28(4)23(31)27(18)3/h5-11,13H,1,12,14H2,2-4H3,(H,24,30). The fourth-order valence-corrected chi connectivity index (χ4v) is 4.37. The van der Waals surface area contributed by atoms with E-state index in [4.69, 9.17) is 0 Å². The third kappa shape index (κ3) is 3.99. The van der Waals surface area contributed by atoms with Crippen molar-refractivity contribution < 1.29 is 4.79 Å². The number of hydrogen-bond donors (Lipinski definition) is 1. The molecular formula is C23H24N6O2S. The Hall–Kier alpha value is -3.59. The largest absolute Gasteiger partial charge is 0.328 e. The van der Waals surface area contributed by atoms with Crippen molar-refractivity contribution in [1.82, 2.24) is 23.9 Å². The fraction of sp³-hybridized carbons (Fsp3) is 0.217. The Morgan fingerprint density at radius 2 is 1.88 bits per heavy atom. The lowest BCUT2D eigenvalue weighted by molar-refractivity contribution is -0.113. The van der Waals surface area contributed by atoms with E-state index in [1.165, 1.54) is 11.8 Å². The summed E-state index contributed by atoms with van der Waals surface area (Å²) in [6.45, 7) is 6.40. The van der Waals surface area contributed by atoms with Gasteiger partial charge in [0.25, 0.3) is 0 Å². The SMILES string of the molecule is C=CCn1c(SCC(=O)Nc2ccc3c(c2)n(C)c(=O)n3C)nnc1-c1ccccc1C. The molecule has 9 heteroatoms.